The third kappa shape index (κ3) is 5.66. The highest BCUT2D eigenvalue weighted by Gasteiger charge is 2.44. The van der Waals surface area contributed by atoms with Gasteiger partial charge in [-0.25, -0.2) is 0 Å². The van der Waals surface area contributed by atoms with Crippen molar-refractivity contribution in [2.24, 2.45) is 17.8 Å². The number of unbranched alkanes of at least 4 members (excludes halogenated alkanes) is 2. The number of rotatable bonds is 8. The van der Waals surface area contributed by atoms with Crippen LogP contribution in [0, 0.1) is 17.8 Å². The van der Waals surface area contributed by atoms with Gasteiger partial charge in [0.2, 0.25) is 0 Å². The van der Waals surface area contributed by atoms with Gasteiger partial charge in [-0.1, -0.05) is 38.3 Å². The van der Waals surface area contributed by atoms with Gasteiger partial charge < -0.3 is 14.9 Å². The first-order valence-electron chi connectivity index (χ1n) is 10.6. The number of hydrogen-bond acceptors (Lipinski definition) is 5. The molecule has 2 N–H and O–H groups in total. The van der Waals surface area contributed by atoms with Crippen LogP contribution in [0.5, 0.6) is 5.75 Å². The van der Waals surface area contributed by atoms with Crippen LogP contribution in [0.4, 0.5) is 0 Å². The molecule has 0 aliphatic heterocycles. The summed E-state index contributed by atoms with van der Waals surface area (Å²) >= 11 is 0. The number of benzene rings is 1. The molecule has 1 saturated carbocycles. The van der Waals surface area contributed by atoms with E-state index in [1.165, 1.54) is 24.0 Å². The molecule has 1 aromatic rings. The molecule has 0 heterocycles. The lowest BCUT2D eigenvalue weighted by atomic mass is 9.73. The molecule has 2 aliphatic carbocycles. The zero-order valence-electron chi connectivity index (χ0n) is 17.1. The minimum atomic E-state index is -0.210. The van der Waals surface area contributed by atoms with Crippen LogP contribution in [0.15, 0.2) is 18.2 Å². The summed E-state index contributed by atoms with van der Waals surface area (Å²) in [5.41, 5.74) is 2.74. The summed E-state index contributed by atoms with van der Waals surface area (Å²) in [6.07, 6.45) is 9.02. The normalized spacial score (nSPS) is 26.3. The van der Waals surface area contributed by atoms with Gasteiger partial charge in [0, 0.05) is 0 Å². The summed E-state index contributed by atoms with van der Waals surface area (Å²) in [5.74, 6) is 2.45. The van der Waals surface area contributed by atoms with Crippen LogP contribution in [-0.2, 0) is 22.4 Å². The van der Waals surface area contributed by atoms with Gasteiger partial charge in [0.25, 0.3) is 0 Å². The molecule has 3 rings (SSSR count). The van der Waals surface area contributed by atoms with Crippen LogP contribution >= 0.6 is 0 Å². The minimum Gasteiger partial charge on any atom is -0.496 e. The Balaban J connectivity index is 0.000000878. The van der Waals surface area contributed by atoms with Gasteiger partial charge in [-0.3, -0.25) is 0 Å². The zero-order chi connectivity index (χ0) is 20.5. The second kappa shape index (κ2) is 11.4. The molecule has 0 unspecified atom stereocenters. The van der Waals surface area contributed by atoms with Gasteiger partial charge in [-0.05, 0) is 73.5 Å². The predicted molar refractivity (Wildman–Crippen MR) is 106 cm³/mol. The summed E-state index contributed by atoms with van der Waals surface area (Å²) < 4.78 is 5.54. The van der Waals surface area contributed by atoms with Crippen LogP contribution < -0.4 is 4.74 Å². The van der Waals surface area contributed by atoms with Crippen LogP contribution in [0.2, 0.25) is 0 Å². The fourth-order valence-electron chi connectivity index (χ4n) is 5.15. The third-order valence-corrected chi connectivity index (χ3v) is 6.54. The summed E-state index contributed by atoms with van der Waals surface area (Å²) in [6, 6.07) is 6.35. The second-order valence-electron chi connectivity index (χ2n) is 8.21. The first-order chi connectivity index (χ1) is 13.5. The maximum atomic E-state index is 10.6. The van der Waals surface area contributed by atoms with Gasteiger partial charge in [-0.15, -0.1) is 0 Å². The number of carbonyl (C=O) groups excluding carboxylic acids is 2. The van der Waals surface area contributed by atoms with Crippen molar-refractivity contribution in [3.8, 4) is 5.75 Å². The molecule has 0 spiro atoms. The average molecular weight is 391 g/mol. The highest BCUT2D eigenvalue weighted by atomic mass is 16.5. The molecule has 1 fully saturated rings. The van der Waals surface area contributed by atoms with Crippen LogP contribution in [0.1, 0.15) is 63.0 Å². The summed E-state index contributed by atoms with van der Waals surface area (Å²) in [7, 11) is 1.74. The van der Waals surface area contributed by atoms with Gasteiger partial charge in [0.1, 0.15) is 5.75 Å². The number of hydrogen-bond donors (Lipinski definition) is 2. The molecule has 5 nitrogen and oxygen atoms in total. The lowest BCUT2D eigenvalue weighted by molar-refractivity contribution is -0.191. The SMILES string of the molecule is CCCCC[C@H](O)CC[C@@H]1[C@H]2Cc3cccc(OC)c3C[C@H]2C[C@H]1O.O=C=O. The molecule has 5 atom stereocenters. The minimum absolute atomic E-state index is 0.200. The Bertz CT molecular complexity index is 638. The van der Waals surface area contributed by atoms with Crippen molar-refractivity contribution in [1.82, 2.24) is 0 Å². The lowest BCUT2D eigenvalue weighted by Gasteiger charge is -2.32. The van der Waals surface area contributed by atoms with Crippen molar-refractivity contribution >= 4 is 6.15 Å². The molecule has 2 aliphatic rings. The van der Waals surface area contributed by atoms with E-state index < -0.39 is 0 Å². The number of methoxy groups -OCH3 is 1. The van der Waals surface area contributed by atoms with Crippen molar-refractivity contribution < 1.29 is 24.5 Å². The van der Waals surface area contributed by atoms with E-state index in [2.05, 4.69) is 25.1 Å². The molecule has 0 saturated heterocycles. The molecule has 1 aromatic carbocycles. The van der Waals surface area contributed by atoms with Crippen molar-refractivity contribution in [2.75, 3.05) is 7.11 Å². The first-order valence-corrected chi connectivity index (χ1v) is 10.6. The second-order valence-corrected chi connectivity index (χ2v) is 8.21. The Morgan fingerprint density at radius 1 is 1.21 bits per heavy atom. The summed E-state index contributed by atoms with van der Waals surface area (Å²) in [5, 5.41) is 20.9. The van der Waals surface area contributed by atoms with Crippen molar-refractivity contribution in [3.05, 3.63) is 29.3 Å². The number of ether oxygens (including phenoxy) is 1. The van der Waals surface area contributed by atoms with E-state index in [0.717, 1.165) is 50.7 Å². The number of aliphatic hydroxyl groups excluding tert-OH is 2. The van der Waals surface area contributed by atoms with Crippen molar-refractivity contribution in [3.63, 3.8) is 0 Å². The molecule has 156 valence electrons. The molecule has 5 heteroatoms. The largest absolute Gasteiger partial charge is 0.496 e. The Labute approximate surface area is 168 Å². The van der Waals surface area contributed by atoms with Gasteiger partial charge in [0.05, 0.1) is 19.3 Å². The number of fused-ring (bicyclic) bond motifs is 2. The molecule has 0 bridgehead atoms. The summed E-state index contributed by atoms with van der Waals surface area (Å²) in [4.78, 5) is 16.2. The van der Waals surface area contributed by atoms with E-state index in [1.807, 2.05) is 0 Å². The molecule has 0 radical (unpaired) electrons. The van der Waals surface area contributed by atoms with Gasteiger partial charge in [-0.2, -0.15) is 9.59 Å². The van der Waals surface area contributed by atoms with Gasteiger partial charge >= 0.3 is 6.15 Å². The van der Waals surface area contributed by atoms with E-state index in [1.54, 1.807) is 7.11 Å². The standard InChI is InChI=1S/C22H34O3.CO2/c1-3-4-5-8-17(23)10-11-18-19-12-15-7-6-9-22(25-2)20(15)13-16(19)14-21(18)24;2-1-3/h6-7,9,16-19,21,23-24H,3-5,8,10-14H2,1-2H3;/t16-,17-,18+,19-,21+;/m0./s1. The highest BCUT2D eigenvalue weighted by molar-refractivity contribution is 5.43. The third-order valence-electron chi connectivity index (χ3n) is 6.54. The van der Waals surface area contributed by atoms with Crippen LogP contribution in [-0.4, -0.2) is 35.7 Å². The number of aliphatic hydroxyl groups is 2. The maximum Gasteiger partial charge on any atom is 0.373 e. The van der Waals surface area contributed by atoms with E-state index in [9.17, 15) is 10.2 Å². The summed E-state index contributed by atoms with van der Waals surface area (Å²) in [6.45, 7) is 2.19. The fraction of sp³-hybridized carbons (Fsp3) is 0.696. The van der Waals surface area contributed by atoms with Gasteiger partial charge in [0.15, 0.2) is 0 Å². The van der Waals surface area contributed by atoms with E-state index in [0.29, 0.717) is 17.8 Å². The van der Waals surface area contributed by atoms with Crippen molar-refractivity contribution in [2.45, 2.75) is 76.9 Å². The molecule has 0 aromatic heterocycles. The zero-order valence-corrected chi connectivity index (χ0v) is 17.1. The molecular formula is C23H34O5. The topological polar surface area (TPSA) is 83.8 Å². The monoisotopic (exact) mass is 390 g/mol. The molecule has 28 heavy (non-hydrogen) atoms. The van der Waals surface area contributed by atoms with E-state index in [-0.39, 0.29) is 18.4 Å². The predicted octanol–water partition coefficient (Wildman–Crippen LogP) is 3.54. The van der Waals surface area contributed by atoms with E-state index in [4.69, 9.17) is 14.3 Å². The molecule has 0 amide bonds. The Hall–Kier alpha value is -1.68. The Kier molecular flexibility index (Phi) is 9.17. The highest BCUT2D eigenvalue weighted by Crippen LogP contribution is 2.48. The maximum absolute atomic E-state index is 10.6. The fourth-order valence-corrected chi connectivity index (χ4v) is 5.15. The first kappa shape index (κ1) is 22.6. The smallest absolute Gasteiger partial charge is 0.373 e. The van der Waals surface area contributed by atoms with Crippen LogP contribution in [0.25, 0.3) is 0 Å². The quantitative estimate of drug-likeness (QED) is 0.663. The lowest BCUT2D eigenvalue weighted by Crippen LogP contribution is -2.28. The Morgan fingerprint density at radius 2 is 1.96 bits per heavy atom. The van der Waals surface area contributed by atoms with Crippen molar-refractivity contribution in [1.29, 1.82) is 0 Å². The average Bonchev–Trinajstić information content (AvgIpc) is 2.99. The Morgan fingerprint density at radius 3 is 2.64 bits per heavy atom. The van der Waals surface area contributed by atoms with Crippen LogP contribution in [0.3, 0.4) is 0 Å². The molecular weight excluding hydrogens is 356 g/mol. The van der Waals surface area contributed by atoms with E-state index >= 15 is 0 Å².